The van der Waals surface area contributed by atoms with E-state index in [1.807, 2.05) is 13.3 Å². The summed E-state index contributed by atoms with van der Waals surface area (Å²) in [5.74, 6) is -0.220. The molecule has 6 nitrogen and oxygen atoms in total. The summed E-state index contributed by atoms with van der Waals surface area (Å²) in [5, 5.41) is 0. The van der Waals surface area contributed by atoms with Gasteiger partial charge in [-0.25, -0.2) is 0 Å². The maximum absolute atomic E-state index is 12.0. The molecule has 0 aromatic carbocycles. The number of methoxy groups -OCH3 is 3. The molecule has 21 heavy (non-hydrogen) atoms. The Balaban J connectivity index is 4.34. The van der Waals surface area contributed by atoms with Crippen LogP contribution < -0.4 is 0 Å². The van der Waals surface area contributed by atoms with Crippen molar-refractivity contribution in [3.05, 3.63) is 0 Å². The van der Waals surface area contributed by atoms with Crippen molar-refractivity contribution < 1.29 is 28.3 Å². The third-order valence-corrected chi connectivity index (χ3v) is 7.26. The Bertz CT molecular complexity index is 283. The summed E-state index contributed by atoms with van der Waals surface area (Å²) in [6, 6.07) is 0. The molecule has 0 amide bonds. The van der Waals surface area contributed by atoms with Crippen LogP contribution in [0.25, 0.3) is 0 Å². The summed E-state index contributed by atoms with van der Waals surface area (Å²) < 4.78 is 26.3. The maximum atomic E-state index is 12.0. The van der Waals surface area contributed by atoms with Gasteiger partial charge < -0.3 is 0 Å². The van der Waals surface area contributed by atoms with Crippen molar-refractivity contribution in [3.8, 4) is 0 Å². The van der Waals surface area contributed by atoms with Crippen LogP contribution in [-0.4, -0.2) is 86.0 Å². The predicted octanol–water partition coefficient (Wildman–Crippen LogP) is 1.60. The first-order valence-electron chi connectivity index (χ1n) is 7.14. The molecule has 0 fully saturated rings. The average molecular weight is 326 g/mol. The molecule has 0 atom stereocenters. The van der Waals surface area contributed by atoms with Gasteiger partial charge in [0.05, 0.1) is 0 Å². The Morgan fingerprint density at radius 3 is 1.81 bits per heavy atom. The molecular formula is C14H31O6P. The van der Waals surface area contributed by atoms with Gasteiger partial charge in [0.2, 0.25) is 0 Å². The summed E-state index contributed by atoms with van der Waals surface area (Å²) in [7, 11) is 4.91. The summed E-state index contributed by atoms with van der Waals surface area (Å²) in [6.45, 7) is 4.02. The molecular weight excluding hydrogens is 295 g/mol. The second kappa shape index (κ2) is 10.5. The van der Waals surface area contributed by atoms with Crippen LogP contribution >= 0.6 is 6.83 Å². The number of carbonyl (C=O) groups is 1. The Kier molecular flexibility index (Phi) is 10.3. The van der Waals surface area contributed by atoms with Gasteiger partial charge in [-0.1, -0.05) is 0 Å². The molecule has 0 aliphatic rings. The van der Waals surface area contributed by atoms with Crippen molar-refractivity contribution in [2.24, 2.45) is 0 Å². The molecule has 0 bridgehead atoms. The van der Waals surface area contributed by atoms with Crippen molar-refractivity contribution in [1.82, 2.24) is 0 Å². The monoisotopic (exact) mass is 326 g/mol. The van der Waals surface area contributed by atoms with E-state index in [0.29, 0.717) is 33.0 Å². The van der Waals surface area contributed by atoms with Crippen LogP contribution in [0.4, 0.5) is 0 Å². The molecule has 0 unspecified atom stereocenters. The van der Waals surface area contributed by atoms with Gasteiger partial charge in [-0.3, -0.25) is 0 Å². The fourth-order valence-electron chi connectivity index (χ4n) is 1.75. The van der Waals surface area contributed by atoms with Gasteiger partial charge in [0, 0.05) is 0 Å². The van der Waals surface area contributed by atoms with E-state index in [-0.39, 0.29) is 12.4 Å². The zero-order valence-electron chi connectivity index (χ0n) is 14.1. The molecule has 0 radical (unpaired) electrons. The fraction of sp³-hybridized carbons (Fsp3) is 0.929. The van der Waals surface area contributed by atoms with E-state index in [4.69, 9.17) is 23.5 Å². The van der Waals surface area contributed by atoms with Crippen LogP contribution in [0.5, 0.6) is 0 Å². The van der Waals surface area contributed by atoms with E-state index in [2.05, 4.69) is 0 Å². The van der Waals surface area contributed by atoms with Crippen LogP contribution in [0.15, 0.2) is 0 Å². The van der Waals surface area contributed by atoms with Gasteiger partial charge in [0.1, 0.15) is 0 Å². The second-order valence-corrected chi connectivity index (χ2v) is 12.0. The van der Waals surface area contributed by atoms with Crippen LogP contribution in [0, 0.1) is 0 Å². The number of hydrogen-bond donors (Lipinski definition) is 0. The quantitative estimate of drug-likeness (QED) is 0.378. The molecule has 7 heteroatoms. The third kappa shape index (κ3) is 10.1. The van der Waals surface area contributed by atoms with Crippen molar-refractivity contribution in [1.29, 1.82) is 0 Å². The first-order valence-corrected chi connectivity index (χ1v) is 10.6. The molecule has 0 aliphatic heterocycles. The first kappa shape index (κ1) is 20.7. The zero-order valence-corrected chi connectivity index (χ0v) is 14.9. The normalized spacial score (nSPS) is 13.7. The van der Waals surface area contributed by atoms with Crippen LogP contribution in [-0.2, 0) is 28.3 Å². The molecule has 0 aromatic rings. The minimum absolute atomic E-state index is 0.220. The first-order chi connectivity index (χ1) is 9.86. The molecule has 0 spiro atoms. The van der Waals surface area contributed by atoms with E-state index in [1.165, 1.54) is 0 Å². The summed E-state index contributed by atoms with van der Waals surface area (Å²) in [5.41, 5.74) is 0. The number of rotatable bonds is 13. The van der Waals surface area contributed by atoms with Gasteiger partial charge in [-0.2, -0.15) is 0 Å². The van der Waals surface area contributed by atoms with E-state index >= 15 is 0 Å². The summed E-state index contributed by atoms with van der Waals surface area (Å²) in [4.78, 5) is 12.0. The zero-order chi connectivity index (χ0) is 16.2. The Labute approximate surface area is 128 Å². The van der Waals surface area contributed by atoms with E-state index < -0.39 is 6.83 Å². The van der Waals surface area contributed by atoms with E-state index in [1.54, 1.807) is 21.3 Å². The van der Waals surface area contributed by atoms with Crippen molar-refractivity contribution >= 4 is 12.8 Å². The predicted molar refractivity (Wildman–Crippen MR) is 85.7 cm³/mol. The number of hydrogen-bond acceptors (Lipinski definition) is 6. The molecule has 128 valence electrons. The van der Waals surface area contributed by atoms with Crippen LogP contribution in [0.3, 0.4) is 0 Å². The Hall–Kier alpha value is -0.260. The van der Waals surface area contributed by atoms with Crippen molar-refractivity contribution in [3.63, 3.8) is 0 Å². The average Bonchev–Trinajstić information content (AvgIpc) is 2.43. The molecule has 0 saturated heterocycles. The number of carbonyl (C=O) groups excluding carboxylic acids is 1. The fourth-order valence-corrected chi connectivity index (χ4v) is 4.44. The third-order valence-electron chi connectivity index (χ3n) is 3.28. The summed E-state index contributed by atoms with van der Waals surface area (Å²) >= 11 is 0. The van der Waals surface area contributed by atoms with Crippen molar-refractivity contribution in [2.75, 3.05) is 80.0 Å². The molecule has 0 heterocycles. The summed E-state index contributed by atoms with van der Waals surface area (Å²) in [6.07, 6.45) is 1.73. The van der Waals surface area contributed by atoms with Crippen LogP contribution in [0.2, 0.25) is 0 Å². The van der Waals surface area contributed by atoms with Crippen LogP contribution in [0.1, 0.15) is 6.42 Å². The van der Waals surface area contributed by atoms with E-state index in [0.717, 1.165) is 12.3 Å². The SMILES string of the molecule is COCCOCCC(=O)OP(C)(C)(CCOC)CCOC. The topological polar surface area (TPSA) is 63.2 Å². The van der Waals surface area contributed by atoms with Crippen molar-refractivity contribution in [2.45, 2.75) is 6.42 Å². The molecule has 0 rings (SSSR count). The molecule has 0 aliphatic carbocycles. The number of ether oxygens (including phenoxy) is 4. The van der Waals surface area contributed by atoms with Gasteiger partial charge in [0.15, 0.2) is 0 Å². The Morgan fingerprint density at radius 2 is 1.33 bits per heavy atom. The standard InChI is InChI=1S/C14H31O6P/c1-16-8-9-19-7-6-14(15)20-21(4,5,12-10-17-2)13-11-18-3/h6-13H2,1-5H3. The Morgan fingerprint density at radius 1 is 0.810 bits per heavy atom. The second-order valence-electron chi connectivity index (χ2n) is 5.81. The minimum atomic E-state index is -2.59. The molecule has 0 aromatic heterocycles. The molecule has 0 N–H and O–H groups in total. The van der Waals surface area contributed by atoms with Gasteiger partial charge >= 0.3 is 128 Å². The van der Waals surface area contributed by atoms with Gasteiger partial charge in [-0.15, -0.1) is 0 Å². The van der Waals surface area contributed by atoms with Gasteiger partial charge in [0.25, 0.3) is 0 Å². The molecule has 0 saturated carbocycles. The van der Waals surface area contributed by atoms with Gasteiger partial charge in [-0.05, 0) is 0 Å². The van der Waals surface area contributed by atoms with E-state index in [9.17, 15) is 4.79 Å².